The van der Waals surface area contributed by atoms with Crippen LogP contribution in [-0.2, 0) is 6.54 Å². The van der Waals surface area contributed by atoms with Gasteiger partial charge in [0.15, 0.2) is 0 Å². The zero-order chi connectivity index (χ0) is 20.2. The van der Waals surface area contributed by atoms with Crippen molar-refractivity contribution >= 4 is 39.5 Å². The molecule has 5 nitrogen and oxygen atoms in total. The molecule has 0 radical (unpaired) electrons. The van der Waals surface area contributed by atoms with Gasteiger partial charge >= 0.3 is 0 Å². The van der Waals surface area contributed by atoms with E-state index in [9.17, 15) is 4.79 Å². The van der Waals surface area contributed by atoms with Gasteiger partial charge in [0.25, 0.3) is 5.91 Å². The normalized spacial score (nSPS) is 12.8. The maximum Gasteiger partial charge on any atom is 0.261 e. The average Bonchev–Trinajstić information content (AvgIpc) is 3.23. The van der Waals surface area contributed by atoms with Crippen LogP contribution in [0, 0.1) is 0 Å². The van der Waals surface area contributed by atoms with Crippen LogP contribution < -0.4 is 19.7 Å². The predicted molar refractivity (Wildman–Crippen MR) is 117 cm³/mol. The van der Waals surface area contributed by atoms with E-state index in [2.05, 4.69) is 10.2 Å². The number of para-hydroxylation sites is 1. The first kappa shape index (κ1) is 19.6. The number of ether oxygens (including phenoxy) is 2. The monoisotopic (exact) mass is 428 g/mol. The first-order chi connectivity index (χ1) is 14.2. The summed E-state index contributed by atoms with van der Waals surface area (Å²) in [4.78, 5) is 15.5. The third-order valence-corrected chi connectivity index (χ3v) is 5.92. The van der Waals surface area contributed by atoms with Gasteiger partial charge in [0, 0.05) is 17.1 Å². The van der Waals surface area contributed by atoms with Crippen LogP contribution in [0.3, 0.4) is 0 Å². The summed E-state index contributed by atoms with van der Waals surface area (Å²) in [5.41, 5.74) is 1.87. The van der Waals surface area contributed by atoms with Crippen LogP contribution in [-0.4, -0.2) is 25.7 Å². The highest BCUT2D eigenvalue weighted by molar-refractivity contribution is 7.18. The van der Waals surface area contributed by atoms with E-state index in [0.29, 0.717) is 36.2 Å². The second-order valence-electron chi connectivity index (χ2n) is 6.47. The van der Waals surface area contributed by atoms with E-state index in [1.54, 1.807) is 0 Å². The van der Waals surface area contributed by atoms with E-state index in [4.69, 9.17) is 21.1 Å². The van der Waals surface area contributed by atoms with Crippen molar-refractivity contribution in [1.29, 1.82) is 0 Å². The average molecular weight is 429 g/mol. The van der Waals surface area contributed by atoms with Crippen molar-refractivity contribution in [2.45, 2.75) is 13.5 Å². The van der Waals surface area contributed by atoms with Gasteiger partial charge in [0.1, 0.15) is 18.1 Å². The maximum absolute atomic E-state index is 12.7. The molecule has 1 aromatic heterocycles. The van der Waals surface area contributed by atoms with Crippen LogP contribution in [0.1, 0.15) is 22.2 Å². The Balaban J connectivity index is 1.48. The zero-order valence-electron chi connectivity index (χ0n) is 16.0. The fraction of sp³-hybridized carbons (Fsp3) is 0.227. The number of thiophene rings is 1. The van der Waals surface area contributed by atoms with E-state index in [1.807, 2.05) is 61.5 Å². The Morgan fingerprint density at radius 2 is 2.10 bits per heavy atom. The topological polar surface area (TPSA) is 50.8 Å². The number of carbonyl (C=O) groups excluding carboxylic acids is 1. The molecule has 7 heteroatoms. The van der Waals surface area contributed by atoms with Crippen molar-refractivity contribution in [2.75, 3.05) is 24.7 Å². The quantitative estimate of drug-likeness (QED) is 0.581. The second kappa shape index (κ2) is 8.76. The Hall–Kier alpha value is -2.70. The van der Waals surface area contributed by atoms with Gasteiger partial charge in [0.2, 0.25) is 0 Å². The van der Waals surface area contributed by atoms with Crippen molar-refractivity contribution < 1.29 is 14.3 Å². The molecule has 0 aliphatic carbocycles. The predicted octanol–water partition coefficient (Wildman–Crippen LogP) is 5.26. The minimum atomic E-state index is -0.105. The number of benzene rings is 2. The van der Waals surface area contributed by atoms with Gasteiger partial charge in [-0.25, -0.2) is 0 Å². The molecule has 2 heterocycles. The van der Waals surface area contributed by atoms with Crippen LogP contribution in [0.5, 0.6) is 11.5 Å². The molecule has 150 valence electrons. The highest BCUT2D eigenvalue weighted by atomic mass is 35.5. The molecule has 0 saturated heterocycles. The number of rotatable bonds is 6. The van der Waals surface area contributed by atoms with Crippen LogP contribution in [0.15, 0.2) is 54.6 Å². The van der Waals surface area contributed by atoms with E-state index in [1.165, 1.54) is 11.3 Å². The smallest absolute Gasteiger partial charge is 0.261 e. The first-order valence-electron chi connectivity index (χ1n) is 9.44. The molecule has 0 spiro atoms. The van der Waals surface area contributed by atoms with E-state index < -0.39 is 0 Å². The van der Waals surface area contributed by atoms with Gasteiger partial charge in [-0.3, -0.25) is 4.79 Å². The van der Waals surface area contributed by atoms with Crippen LogP contribution in [0.25, 0.3) is 0 Å². The largest absolute Gasteiger partial charge is 0.494 e. The minimum absolute atomic E-state index is 0.105. The summed E-state index contributed by atoms with van der Waals surface area (Å²) < 4.78 is 11.3. The van der Waals surface area contributed by atoms with Crippen molar-refractivity contribution in [3.05, 3.63) is 70.1 Å². The molecule has 0 bridgehead atoms. The summed E-state index contributed by atoms with van der Waals surface area (Å²) >= 11 is 7.62. The summed E-state index contributed by atoms with van der Waals surface area (Å²) in [6.07, 6.45) is 0. The second-order valence-corrected chi connectivity index (χ2v) is 7.97. The summed E-state index contributed by atoms with van der Waals surface area (Å²) in [6.45, 7) is 4.24. The molecule has 1 N–H and O–H groups in total. The third-order valence-electron chi connectivity index (χ3n) is 4.58. The Labute approximate surface area is 178 Å². The number of nitrogens with one attached hydrogen (secondary N) is 1. The Kier molecular flexibility index (Phi) is 5.92. The van der Waals surface area contributed by atoms with Crippen LogP contribution in [0.4, 0.5) is 10.7 Å². The summed E-state index contributed by atoms with van der Waals surface area (Å²) in [5.74, 6) is 1.49. The molecule has 3 aromatic rings. The molecule has 1 aliphatic heterocycles. The lowest BCUT2D eigenvalue weighted by atomic mass is 10.2. The molecule has 0 unspecified atom stereocenters. The Morgan fingerprint density at radius 3 is 2.97 bits per heavy atom. The number of nitrogens with zero attached hydrogens (tertiary/aromatic N) is 1. The number of hydrogen-bond donors (Lipinski definition) is 1. The van der Waals surface area contributed by atoms with Gasteiger partial charge in [0.05, 0.1) is 28.7 Å². The molecule has 1 aliphatic rings. The zero-order valence-corrected chi connectivity index (χ0v) is 17.6. The first-order valence-corrected chi connectivity index (χ1v) is 10.6. The number of carbonyl (C=O) groups is 1. The SMILES string of the molecule is CCOc1ccccc1CNC(=O)c1ccc(N2CCOc3ccc(Cl)cc32)s1. The summed E-state index contributed by atoms with van der Waals surface area (Å²) in [6, 6.07) is 17.1. The number of amides is 1. The van der Waals surface area contributed by atoms with E-state index in [-0.39, 0.29) is 5.91 Å². The van der Waals surface area contributed by atoms with Gasteiger partial charge in [-0.05, 0) is 43.3 Å². The fourth-order valence-corrected chi connectivity index (χ4v) is 4.35. The standard InChI is InChI=1S/C22H21ClN2O3S/c1-2-27-18-6-4-3-5-15(18)14-24-22(26)20-9-10-21(29-20)25-11-12-28-19-8-7-16(23)13-17(19)25/h3-10,13H,2,11-12,14H2,1H3,(H,24,26). The number of fused-ring (bicyclic) bond motifs is 1. The van der Waals surface area contributed by atoms with Crippen LogP contribution in [0.2, 0.25) is 5.02 Å². The van der Waals surface area contributed by atoms with Crippen molar-refractivity contribution in [2.24, 2.45) is 0 Å². The molecule has 2 aromatic carbocycles. The molecular weight excluding hydrogens is 408 g/mol. The fourth-order valence-electron chi connectivity index (χ4n) is 3.22. The van der Waals surface area contributed by atoms with Gasteiger partial charge in [-0.2, -0.15) is 0 Å². The molecule has 29 heavy (non-hydrogen) atoms. The molecule has 0 fully saturated rings. The van der Waals surface area contributed by atoms with Crippen molar-refractivity contribution in [3.8, 4) is 11.5 Å². The third kappa shape index (κ3) is 4.33. The molecular formula is C22H21ClN2O3S. The number of anilines is 2. The number of halogens is 1. The summed E-state index contributed by atoms with van der Waals surface area (Å²) in [5, 5.41) is 4.62. The Morgan fingerprint density at radius 1 is 1.24 bits per heavy atom. The molecule has 1 amide bonds. The molecule has 4 rings (SSSR count). The number of hydrogen-bond acceptors (Lipinski definition) is 5. The summed E-state index contributed by atoms with van der Waals surface area (Å²) in [7, 11) is 0. The van der Waals surface area contributed by atoms with E-state index >= 15 is 0 Å². The van der Waals surface area contributed by atoms with Crippen LogP contribution >= 0.6 is 22.9 Å². The van der Waals surface area contributed by atoms with E-state index in [0.717, 1.165) is 27.8 Å². The highest BCUT2D eigenvalue weighted by Gasteiger charge is 2.22. The van der Waals surface area contributed by atoms with Gasteiger partial charge < -0.3 is 19.7 Å². The van der Waals surface area contributed by atoms with Crippen molar-refractivity contribution in [1.82, 2.24) is 5.32 Å². The maximum atomic E-state index is 12.7. The lowest BCUT2D eigenvalue weighted by molar-refractivity contribution is 0.0954. The molecule has 0 atom stereocenters. The van der Waals surface area contributed by atoms with Gasteiger partial charge in [-0.1, -0.05) is 29.8 Å². The van der Waals surface area contributed by atoms with Gasteiger partial charge in [-0.15, -0.1) is 11.3 Å². The lowest BCUT2D eigenvalue weighted by Crippen LogP contribution is -2.27. The highest BCUT2D eigenvalue weighted by Crippen LogP contribution is 2.40. The Bertz CT molecular complexity index is 1020. The van der Waals surface area contributed by atoms with Crippen molar-refractivity contribution in [3.63, 3.8) is 0 Å². The molecule has 0 saturated carbocycles. The lowest BCUT2D eigenvalue weighted by Gasteiger charge is -2.30. The minimum Gasteiger partial charge on any atom is -0.494 e.